The average molecular weight is 497 g/mol. The Labute approximate surface area is 203 Å². The van der Waals surface area contributed by atoms with Crippen LogP contribution in [0.2, 0.25) is 0 Å². The van der Waals surface area contributed by atoms with Crippen LogP contribution in [-0.2, 0) is 24.1 Å². The third-order valence-corrected chi connectivity index (χ3v) is 7.86. The van der Waals surface area contributed by atoms with Crippen LogP contribution in [0.15, 0.2) is 4.52 Å². The summed E-state index contributed by atoms with van der Waals surface area (Å²) >= 11 is 1.41. The highest BCUT2D eigenvalue weighted by Crippen LogP contribution is 2.34. The molecule has 0 unspecified atom stereocenters. The zero-order chi connectivity index (χ0) is 24.1. The van der Waals surface area contributed by atoms with E-state index in [1.54, 1.807) is 6.92 Å². The second-order valence-corrected chi connectivity index (χ2v) is 10.9. The molecule has 2 aromatic rings. The maximum Gasteiger partial charge on any atom is 0.278 e. The SMILES string of the molecule is Cc1nc(CC(=O)CC2CCC(CCN3CCc4nc(OCC(C)(F)F)sc4CC3)CC2)no1. The summed E-state index contributed by atoms with van der Waals surface area (Å²) in [6.45, 7) is 4.95. The summed E-state index contributed by atoms with van der Waals surface area (Å²) in [6, 6.07) is 0. The maximum atomic E-state index is 13.0. The number of carbonyl (C=O) groups excluding carboxylic acids is 1. The van der Waals surface area contributed by atoms with Crippen molar-refractivity contribution in [1.29, 1.82) is 0 Å². The van der Waals surface area contributed by atoms with Gasteiger partial charge in [0.1, 0.15) is 5.78 Å². The number of alkyl halides is 2. The molecule has 0 amide bonds. The maximum absolute atomic E-state index is 13.0. The minimum absolute atomic E-state index is 0.201. The zero-order valence-electron chi connectivity index (χ0n) is 20.0. The van der Waals surface area contributed by atoms with E-state index in [0.717, 1.165) is 68.7 Å². The number of aryl methyl sites for hydroxylation is 1. The van der Waals surface area contributed by atoms with E-state index in [4.69, 9.17) is 9.26 Å². The summed E-state index contributed by atoms with van der Waals surface area (Å²) in [4.78, 5) is 24.6. The molecule has 7 nitrogen and oxygen atoms in total. The molecule has 0 atom stereocenters. The molecule has 3 heterocycles. The first-order valence-electron chi connectivity index (χ1n) is 12.3. The van der Waals surface area contributed by atoms with Crippen LogP contribution in [0.3, 0.4) is 0 Å². The van der Waals surface area contributed by atoms with Crippen molar-refractivity contribution in [3.63, 3.8) is 0 Å². The highest BCUT2D eigenvalue weighted by Gasteiger charge is 2.26. The Balaban J connectivity index is 1.13. The normalized spacial score (nSPS) is 21.8. The smallest absolute Gasteiger partial charge is 0.278 e. The van der Waals surface area contributed by atoms with Crippen LogP contribution in [0.4, 0.5) is 8.78 Å². The third-order valence-electron chi connectivity index (χ3n) is 6.79. The van der Waals surface area contributed by atoms with Gasteiger partial charge in [0, 0.05) is 44.7 Å². The van der Waals surface area contributed by atoms with Gasteiger partial charge in [-0.05, 0) is 44.1 Å². The van der Waals surface area contributed by atoms with Crippen molar-refractivity contribution in [2.45, 2.75) is 77.6 Å². The molecule has 1 aliphatic carbocycles. The lowest BCUT2D eigenvalue weighted by molar-refractivity contribution is -0.119. The number of hydrogen-bond donors (Lipinski definition) is 0. The number of ketones is 1. The van der Waals surface area contributed by atoms with Crippen molar-refractivity contribution in [2.75, 3.05) is 26.2 Å². The summed E-state index contributed by atoms with van der Waals surface area (Å²) in [5, 5.41) is 4.18. The van der Waals surface area contributed by atoms with Crippen molar-refractivity contribution < 1.29 is 22.8 Å². The van der Waals surface area contributed by atoms with Crippen LogP contribution in [0, 0.1) is 18.8 Å². The molecule has 34 heavy (non-hydrogen) atoms. The van der Waals surface area contributed by atoms with E-state index in [1.165, 1.54) is 30.6 Å². The van der Waals surface area contributed by atoms with Crippen molar-refractivity contribution in [2.24, 2.45) is 11.8 Å². The summed E-state index contributed by atoms with van der Waals surface area (Å²) in [5.41, 5.74) is 1.00. The molecule has 0 spiro atoms. The number of thiazole rings is 1. The molecule has 0 bridgehead atoms. The molecule has 2 aliphatic rings. The highest BCUT2D eigenvalue weighted by molar-refractivity contribution is 7.13. The average Bonchev–Trinajstić information content (AvgIpc) is 3.32. The van der Waals surface area contributed by atoms with Crippen LogP contribution in [-0.4, -0.2) is 58.0 Å². The van der Waals surface area contributed by atoms with Crippen molar-refractivity contribution >= 4 is 17.1 Å². The number of halogens is 2. The Morgan fingerprint density at radius 2 is 1.91 bits per heavy atom. The monoisotopic (exact) mass is 496 g/mol. The number of hydrogen-bond acceptors (Lipinski definition) is 8. The summed E-state index contributed by atoms with van der Waals surface area (Å²) < 4.78 is 36.2. The largest absolute Gasteiger partial charge is 0.464 e. The summed E-state index contributed by atoms with van der Waals surface area (Å²) in [6.07, 6.45) is 8.40. The first kappa shape index (κ1) is 25.2. The van der Waals surface area contributed by atoms with Gasteiger partial charge in [-0.25, -0.2) is 13.8 Å². The topological polar surface area (TPSA) is 81.4 Å². The fourth-order valence-corrected chi connectivity index (χ4v) is 5.88. The van der Waals surface area contributed by atoms with Crippen LogP contribution in [0.5, 0.6) is 5.19 Å². The lowest BCUT2D eigenvalue weighted by Crippen LogP contribution is -2.30. The van der Waals surface area contributed by atoms with E-state index in [-0.39, 0.29) is 12.2 Å². The predicted molar refractivity (Wildman–Crippen MR) is 125 cm³/mol. The van der Waals surface area contributed by atoms with Gasteiger partial charge in [0.15, 0.2) is 12.4 Å². The van der Waals surface area contributed by atoms with Crippen molar-refractivity contribution in [3.05, 3.63) is 22.3 Å². The van der Waals surface area contributed by atoms with E-state index >= 15 is 0 Å². The van der Waals surface area contributed by atoms with Gasteiger partial charge >= 0.3 is 0 Å². The first-order chi connectivity index (χ1) is 16.2. The molecular weight excluding hydrogens is 462 g/mol. The number of aromatic nitrogens is 3. The number of rotatable bonds is 10. The Kier molecular flexibility index (Phi) is 8.29. The number of carbonyl (C=O) groups is 1. The number of fused-ring (bicyclic) bond motifs is 1. The van der Waals surface area contributed by atoms with Gasteiger partial charge in [0.25, 0.3) is 11.1 Å². The number of ether oxygens (including phenoxy) is 1. The third kappa shape index (κ3) is 7.53. The lowest BCUT2D eigenvalue weighted by Gasteiger charge is -2.30. The molecule has 2 aromatic heterocycles. The van der Waals surface area contributed by atoms with E-state index < -0.39 is 12.5 Å². The van der Waals surface area contributed by atoms with Gasteiger partial charge < -0.3 is 14.2 Å². The second-order valence-electron chi connectivity index (χ2n) is 9.87. The van der Waals surface area contributed by atoms with Gasteiger partial charge in [-0.15, -0.1) is 0 Å². The second kappa shape index (κ2) is 11.2. The van der Waals surface area contributed by atoms with Gasteiger partial charge in [-0.1, -0.05) is 29.3 Å². The van der Waals surface area contributed by atoms with E-state index in [9.17, 15) is 13.6 Å². The molecule has 0 N–H and O–H groups in total. The summed E-state index contributed by atoms with van der Waals surface area (Å²) in [5.74, 6) is -0.462. The Bertz CT molecular complexity index is 925. The van der Waals surface area contributed by atoms with Crippen molar-refractivity contribution in [1.82, 2.24) is 20.0 Å². The summed E-state index contributed by atoms with van der Waals surface area (Å²) in [7, 11) is 0. The number of Topliss-reactive ketones (excluding diaryl/α,β-unsaturated/α-hetero) is 1. The minimum Gasteiger partial charge on any atom is -0.464 e. The standard InChI is InChI=1S/C24H34F2N4O3S/c1-16-27-22(29-33-16)14-19(31)13-18-5-3-17(4-6-18)7-10-30-11-8-20-21(9-12-30)34-23(28-20)32-15-24(2,25)26/h17-18H,3-15H2,1-2H3. The Morgan fingerprint density at radius 3 is 2.62 bits per heavy atom. The van der Waals surface area contributed by atoms with Crippen LogP contribution >= 0.6 is 11.3 Å². The van der Waals surface area contributed by atoms with Gasteiger partial charge in [-0.3, -0.25) is 4.79 Å². The predicted octanol–water partition coefficient (Wildman–Crippen LogP) is 4.67. The van der Waals surface area contributed by atoms with Crippen LogP contribution < -0.4 is 4.74 Å². The molecule has 0 aromatic carbocycles. The molecule has 188 valence electrons. The molecule has 4 rings (SSSR count). The van der Waals surface area contributed by atoms with Crippen LogP contribution in [0.25, 0.3) is 0 Å². The Hall–Kier alpha value is -1.94. The zero-order valence-corrected chi connectivity index (χ0v) is 20.8. The van der Waals surface area contributed by atoms with Gasteiger partial charge in [0.05, 0.1) is 12.1 Å². The minimum atomic E-state index is -2.84. The molecule has 10 heteroatoms. The van der Waals surface area contributed by atoms with Crippen LogP contribution in [0.1, 0.15) is 67.7 Å². The van der Waals surface area contributed by atoms with Gasteiger partial charge in [0.2, 0.25) is 5.89 Å². The Morgan fingerprint density at radius 1 is 1.18 bits per heavy atom. The number of nitrogens with zero attached hydrogens (tertiary/aromatic N) is 4. The van der Waals surface area contributed by atoms with Gasteiger partial charge in [-0.2, -0.15) is 4.98 Å². The fraction of sp³-hybridized carbons (Fsp3) is 0.750. The quantitative estimate of drug-likeness (QED) is 0.473. The highest BCUT2D eigenvalue weighted by atomic mass is 32.1. The van der Waals surface area contributed by atoms with E-state index in [0.29, 0.717) is 29.2 Å². The molecule has 0 saturated heterocycles. The van der Waals surface area contributed by atoms with E-state index in [2.05, 4.69) is 20.0 Å². The fourth-order valence-electron chi connectivity index (χ4n) is 4.93. The van der Waals surface area contributed by atoms with Crippen molar-refractivity contribution in [3.8, 4) is 5.19 Å². The first-order valence-corrected chi connectivity index (χ1v) is 13.1. The molecule has 0 radical (unpaired) electrons. The van der Waals surface area contributed by atoms with E-state index in [1.807, 2.05) is 0 Å². The molecule has 1 saturated carbocycles. The lowest BCUT2D eigenvalue weighted by atomic mass is 9.78. The molecule has 1 aliphatic heterocycles. The molecular formula is C24H34F2N4O3S. The molecule has 1 fully saturated rings.